The van der Waals surface area contributed by atoms with E-state index in [0.717, 1.165) is 11.8 Å². The Morgan fingerprint density at radius 1 is 1.40 bits per heavy atom. The van der Waals surface area contributed by atoms with Crippen molar-refractivity contribution in [1.29, 1.82) is 0 Å². The Morgan fingerprint density at radius 2 is 2.07 bits per heavy atom. The van der Waals surface area contributed by atoms with Crippen LogP contribution in [0.5, 0.6) is 0 Å². The number of allylic oxidation sites excluding steroid dienone is 1. The molecule has 0 saturated heterocycles. The predicted octanol–water partition coefficient (Wildman–Crippen LogP) is 2.35. The molecule has 1 aromatic rings. The van der Waals surface area contributed by atoms with Gasteiger partial charge in [0.1, 0.15) is 6.29 Å². The van der Waals surface area contributed by atoms with Crippen molar-refractivity contribution in [3.05, 3.63) is 48.6 Å². The molecule has 1 aromatic carbocycles. The number of ether oxygens (including phenoxy) is 1. The Bertz CT molecular complexity index is 319. The van der Waals surface area contributed by atoms with E-state index in [9.17, 15) is 4.79 Å². The summed E-state index contributed by atoms with van der Waals surface area (Å²) in [6, 6.07) is 9.66. The van der Waals surface area contributed by atoms with E-state index >= 15 is 0 Å². The number of hydrogen-bond donors (Lipinski definition) is 0. The number of rotatable bonds is 6. The fourth-order valence-corrected chi connectivity index (χ4v) is 1.70. The first-order valence-electron chi connectivity index (χ1n) is 4.91. The van der Waals surface area contributed by atoms with E-state index in [0.29, 0.717) is 13.0 Å². The second-order valence-electron chi connectivity index (χ2n) is 3.57. The second-order valence-corrected chi connectivity index (χ2v) is 3.57. The quantitative estimate of drug-likeness (QED) is 0.525. The van der Waals surface area contributed by atoms with Gasteiger partial charge < -0.3 is 9.53 Å². The SMILES string of the molecule is C=CC[C@](C=O)(COC)c1ccccc1. The van der Waals surface area contributed by atoms with E-state index in [2.05, 4.69) is 6.58 Å². The molecule has 0 heterocycles. The maximum Gasteiger partial charge on any atom is 0.133 e. The Labute approximate surface area is 90.6 Å². The summed E-state index contributed by atoms with van der Waals surface area (Å²) in [5, 5.41) is 0. The monoisotopic (exact) mass is 204 g/mol. The van der Waals surface area contributed by atoms with Gasteiger partial charge >= 0.3 is 0 Å². The lowest BCUT2D eigenvalue weighted by atomic mass is 9.80. The van der Waals surface area contributed by atoms with Crippen LogP contribution in [0.1, 0.15) is 12.0 Å². The maximum absolute atomic E-state index is 11.3. The zero-order valence-corrected chi connectivity index (χ0v) is 8.98. The molecule has 0 saturated carbocycles. The summed E-state index contributed by atoms with van der Waals surface area (Å²) in [4.78, 5) is 11.3. The molecule has 2 nitrogen and oxygen atoms in total. The average Bonchev–Trinajstić information content (AvgIpc) is 2.30. The highest BCUT2D eigenvalue weighted by Crippen LogP contribution is 2.26. The van der Waals surface area contributed by atoms with Crippen molar-refractivity contribution in [3.63, 3.8) is 0 Å². The molecule has 0 radical (unpaired) electrons. The van der Waals surface area contributed by atoms with Crippen LogP contribution in [-0.2, 0) is 14.9 Å². The molecule has 0 fully saturated rings. The Kier molecular flexibility index (Phi) is 4.25. The van der Waals surface area contributed by atoms with Crippen molar-refractivity contribution in [1.82, 2.24) is 0 Å². The van der Waals surface area contributed by atoms with Crippen LogP contribution >= 0.6 is 0 Å². The van der Waals surface area contributed by atoms with Gasteiger partial charge in [0.2, 0.25) is 0 Å². The van der Waals surface area contributed by atoms with Crippen molar-refractivity contribution >= 4 is 6.29 Å². The molecule has 1 atom stereocenters. The lowest BCUT2D eigenvalue weighted by Crippen LogP contribution is -2.32. The van der Waals surface area contributed by atoms with Gasteiger partial charge in [0.05, 0.1) is 12.0 Å². The van der Waals surface area contributed by atoms with Crippen LogP contribution in [0.3, 0.4) is 0 Å². The van der Waals surface area contributed by atoms with Gasteiger partial charge in [-0.2, -0.15) is 0 Å². The van der Waals surface area contributed by atoms with Crippen molar-refractivity contribution in [2.75, 3.05) is 13.7 Å². The third-order valence-electron chi connectivity index (χ3n) is 2.48. The standard InChI is InChI=1S/C13H16O2/c1-3-9-13(10-14,11-15-2)12-7-5-4-6-8-12/h3-8,10H,1,9,11H2,2H3/t13-/m0/s1. The van der Waals surface area contributed by atoms with Crippen LogP contribution in [0.15, 0.2) is 43.0 Å². The molecule has 0 amide bonds. The molecule has 0 aliphatic carbocycles. The van der Waals surface area contributed by atoms with Crippen LogP contribution in [0.25, 0.3) is 0 Å². The molecule has 0 aromatic heterocycles. The van der Waals surface area contributed by atoms with Crippen molar-refractivity contribution in [2.24, 2.45) is 0 Å². The maximum atomic E-state index is 11.3. The van der Waals surface area contributed by atoms with Gasteiger partial charge in [0, 0.05) is 7.11 Å². The molecule has 1 rings (SSSR count). The molecular formula is C13H16O2. The Hall–Kier alpha value is -1.41. The van der Waals surface area contributed by atoms with Crippen LogP contribution in [0, 0.1) is 0 Å². The van der Waals surface area contributed by atoms with E-state index in [-0.39, 0.29) is 0 Å². The van der Waals surface area contributed by atoms with Crippen LogP contribution < -0.4 is 0 Å². The third-order valence-corrected chi connectivity index (χ3v) is 2.48. The molecule has 2 heteroatoms. The van der Waals surface area contributed by atoms with Gasteiger partial charge in [-0.25, -0.2) is 0 Å². The molecule has 0 aliphatic heterocycles. The van der Waals surface area contributed by atoms with E-state index in [1.54, 1.807) is 13.2 Å². The van der Waals surface area contributed by atoms with Crippen molar-refractivity contribution in [3.8, 4) is 0 Å². The number of aldehydes is 1. The van der Waals surface area contributed by atoms with Gasteiger partial charge in [-0.3, -0.25) is 0 Å². The summed E-state index contributed by atoms with van der Waals surface area (Å²) in [5.41, 5.74) is 0.388. The molecule has 80 valence electrons. The number of carbonyl (C=O) groups excluding carboxylic acids is 1. The molecule has 0 N–H and O–H groups in total. The fraction of sp³-hybridized carbons (Fsp3) is 0.308. The van der Waals surface area contributed by atoms with Crippen LogP contribution in [-0.4, -0.2) is 20.0 Å². The summed E-state index contributed by atoms with van der Waals surface area (Å²) >= 11 is 0. The van der Waals surface area contributed by atoms with E-state index in [1.807, 2.05) is 30.3 Å². The van der Waals surface area contributed by atoms with E-state index in [4.69, 9.17) is 4.74 Å². The zero-order chi connectivity index (χ0) is 11.1. The summed E-state index contributed by atoms with van der Waals surface area (Å²) < 4.78 is 5.13. The highest BCUT2D eigenvalue weighted by Gasteiger charge is 2.30. The van der Waals surface area contributed by atoms with Gasteiger partial charge in [-0.1, -0.05) is 36.4 Å². The van der Waals surface area contributed by atoms with Crippen molar-refractivity contribution < 1.29 is 9.53 Å². The first-order valence-corrected chi connectivity index (χ1v) is 4.91. The summed E-state index contributed by atoms with van der Waals surface area (Å²) in [6.45, 7) is 4.07. The summed E-state index contributed by atoms with van der Waals surface area (Å²) in [5.74, 6) is 0. The minimum Gasteiger partial charge on any atom is -0.383 e. The molecule has 0 aliphatic rings. The largest absolute Gasteiger partial charge is 0.383 e. The summed E-state index contributed by atoms with van der Waals surface area (Å²) in [7, 11) is 1.60. The third kappa shape index (κ3) is 2.54. The number of methoxy groups -OCH3 is 1. The molecule has 0 bridgehead atoms. The van der Waals surface area contributed by atoms with Crippen LogP contribution in [0.2, 0.25) is 0 Å². The minimum atomic E-state index is -0.586. The van der Waals surface area contributed by atoms with Gasteiger partial charge in [0.25, 0.3) is 0 Å². The Morgan fingerprint density at radius 3 is 2.53 bits per heavy atom. The average molecular weight is 204 g/mol. The molecular weight excluding hydrogens is 188 g/mol. The van der Waals surface area contributed by atoms with E-state index in [1.165, 1.54) is 0 Å². The first-order chi connectivity index (χ1) is 7.29. The smallest absolute Gasteiger partial charge is 0.133 e. The second kappa shape index (κ2) is 5.47. The number of carbonyl (C=O) groups is 1. The minimum absolute atomic E-state index is 0.381. The first kappa shape index (κ1) is 11.7. The van der Waals surface area contributed by atoms with Gasteiger partial charge in [-0.15, -0.1) is 6.58 Å². The normalized spacial score (nSPS) is 14.2. The highest BCUT2D eigenvalue weighted by molar-refractivity contribution is 5.69. The van der Waals surface area contributed by atoms with Gasteiger partial charge in [-0.05, 0) is 12.0 Å². The van der Waals surface area contributed by atoms with Crippen LogP contribution in [0.4, 0.5) is 0 Å². The summed E-state index contributed by atoms with van der Waals surface area (Å²) in [6.07, 6.45) is 3.29. The van der Waals surface area contributed by atoms with Gasteiger partial charge in [0.15, 0.2) is 0 Å². The Balaban J connectivity index is 3.08. The highest BCUT2D eigenvalue weighted by atomic mass is 16.5. The predicted molar refractivity (Wildman–Crippen MR) is 60.9 cm³/mol. The molecule has 0 spiro atoms. The lowest BCUT2D eigenvalue weighted by Gasteiger charge is -2.26. The zero-order valence-electron chi connectivity index (χ0n) is 8.98. The number of benzene rings is 1. The van der Waals surface area contributed by atoms with E-state index < -0.39 is 5.41 Å². The fourth-order valence-electron chi connectivity index (χ4n) is 1.70. The molecule has 15 heavy (non-hydrogen) atoms. The molecule has 0 unspecified atom stereocenters. The van der Waals surface area contributed by atoms with Crippen molar-refractivity contribution in [2.45, 2.75) is 11.8 Å². The lowest BCUT2D eigenvalue weighted by molar-refractivity contribution is -0.114. The topological polar surface area (TPSA) is 26.3 Å². The number of hydrogen-bond acceptors (Lipinski definition) is 2.